The van der Waals surface area contributed by atoms with Gasteiger partial charge in [0.2, 0.25) is 0 Å². The summed E-state index contributed by atoms with van der Waals surface area (Å²) in [5.74, 6) is -0.419. The van der Waals surface area contributed by atoms with Crippen LogP contribution >= 0.6 is 12.6 Å². The summed E-state index contributed by atoms with van der Waals surface area (Å²) < 4.78 is 4.60. The fourth-order valence-electron chi connectivity index (χ4n) is 0.468. The highest BCUT2D eigenvalue weighted by Crippen LogP contribution is 1.91. The number of nitrogens with zero attached hydrogens (tertiary/aromatic N) is 1. The van der Waals surface area contributed by atoms with E-state index in [1.165, 1.54) is 11.9 Å². The van der Waals surface area contributed by atoms with Crippen molar-refractivity contribution in [2.75, 3.05) is 20.2 Å². The minimum Gasteiger partial charge on any atom is -0.465 e. The molecule has 0 spiro atoms. The van der Waals surface area contributed by atoms with E-state index in [4.69, 9.17) is 0 Å². The maximum absolute atomic E-state index is 10.7. The summed E-state index contributed by atoms with van der Waals surface area (Å²) in [7, 11) is 1.48. The van der Waals surface area contributed by atoms with Gasteiger partial charge in [0, 0.05) is 7.05 Å². The Morgan fingerprint density at radius 1 is 1.55 bits per heavy atom. The van der Waals surface area contributed by atoms with E-state index >= 15 is 0 Å². The molecule has 0 aromatic heterocycles. The normalized spacial score (nSPS) is 9.00. The predicted molar refractivity (Wildman–Crippen MR) is 43.6 cm³/mol. The van der Waals surface area contributed by atoms with Crippen LogP contribution in [0, 0.1) is 0 Å². The van der Waals surface area contributed by atoms with Crippen molar-refractivity contribution in [3.8, 4) is 0 Å². The van der Waals surface area contributed by atoms with Gasteiger partial charge in [-0.05, 0) is 6.92 Å². The van der Waals surface area contributed by atoms with Gasteiger partial charge >= 0.3 is 5.97 Å². The zero-order valence-electron chi connectivity index (χ0n) is 6.53. The molecule has 4 nitrogen and oxygen atoms in total. The van der Waals surface area contributed by atoms with Crippen molar-refractivity contribution in [3.05, 3.63) is 0 Å². The third kappa shape index (κ3) is 4.66. The molecule has 11 heavy (non-hydrogen) atoms. The number of carbonyl (C=O) groups excluding carboxylic acids is 2. The smallest absolute Gasteiger partial charge is 0.325 e. The van der Waals surface area contributed by atoms with Gasteiger partial charge in [0.05, 0.1) is 6.61 Å². The minimum absolute atomic E-state index is 0.0455. The minimum atomic E-state index is -0.446. The molecule has 0 fully saturated rings. The van der Waals surface area contributed by atoms with Gasteiger partial charge in [0.1, 0.15) is 6.54 Å². The van der Waals surface area contributed by atoms with Crippen LogP contribution in [0.2, 0.25) is 0 Å². The Morgan fingerprint density at radius 2 is 2.09 bits per heavy atom. The van der Waals surface area contributed by atoms with Crippen molar-refractivity contribution in [3.63, 3.8) is 0 Å². The fourth-order valence-corrected chi connectivity index (χ4v) is 0.539. The van der Waals surface area contributed by atoms with Gasteiger partial charge in [-0.2, -0.15) is 0 Å². The number of likely N-dealkylation sites (N-methyl/N-ethyl adjacent to an activating group) is 1. The van der Waals surface area contributed by atoms with Crippen LogP contribution < -0.4 is 0 Å². The van der Waals surface area contributed by atoms with E-state index in [2.05, 4.69) is 17.4 Å². The van der Waals surface area contributed by atoms with Crippen LogP contribution in [0.5, 0.6) is 0 Å². The Morgan fingerprint density at radius 3 is 2.45 bits per heavy atom. The molecular formula is C6H11NO3S. The number of ether oxygens (including phenoxy) is 1. The van der Waals surface area contributed by atoms with Gasteiger partial charge in [-0.3, -0.25) is 9.59 Å². The monoisotopic (exact) mass is 177 g/mol. The third-order valence-electron chi connectivity index (χ3n) is 0.998. The van der Waals surface area contributed by atoms with Gasteiger partial charge in [-0.15, -0.1) is 0 Å². The highest BCUT2D eigenvalue weighted by atomic mass is 32.1. The lowest BCUT2D eigenvalue weighted by Gasteiger charge is -2.11. The Kier molecular flexibility index (Phi) is 4.69. The molecule has 0 aliphatic rings. The van der Waals surface area contributed by atoms with Crippen molar-refractivity contribution in [1.29, 1.82) is 0 Å². The van der Waals surface area contributed by atoms with Gasteiger partial charge in [0.15, 0.2) is 0 Å². The molecule has 0 aliphatic carbocycles. The first-order chi connectivity index (χ1) is 5.07. The molecule has 64 valence electrons. The van der Waals surface area contributed by atoms with E-state index < -0.39 is 11.2 Å². The lowest BCUT2D eigenvalue weighted by Crippen LogP contribution is -2.29. The SMILES string of the molecule is CCOC(=O)CN(C)C(=O)S. The Bertz CT molecular complexity index is 160. The molecule has 5 heteroatoms. The number of amides is 1. The molecule has 0 radical (unpaired) electrons. The first-order valence-electron chi connectivity index (χ1n) is 3.17. The number of rotatable bonds is 3. The van der Waals surface area contributed by atoms with Crippen LogP contribution in [0.25, 0.3) is 0 Å². The average Bonchev–Trinajstić information content (AvgIpc) is 1.87. The topological polar surface area (TPSA) is 46.6 Å². The van der Waals surface area contributed by atoms with E-state index in [0.717, 1.165) is 0 Å². The lowest BCUT2D eigenvalue weighted by molar-refractivity contribution is -0.143. The summed E-state index contributed by atoms with van der Waals surface area (Å²) >= 11 is 3.52. The summed E-state index contributed by atoms with van der Waals surface area (Å²) in [6, 6.07) is 0. The molecule has 0 unspecified atom stereocenters. The lowest BCUT2D eigenvalue weighted by atomic mass is 10.6. The van der Waals surface area contributed by atoms with Crippen molar-refractivity contribution < 1.29 is 14.3 Å². The van der Waals surface area contributed by atoms with Crippen molar-refractivity contribution in [2.45, 2.75) is 6.92 Å². The Labute approximate surface area is 70.9 Å². The summed E-state index contributed by atoms with van der Waals surface area (Å²) in [6.07, 6.45) is 0. The number of thiol groups is 1. The first kappa shape index (κ1) is 10.3. The molecule has 0 saturated heterocycles. The molecule has 0 rings (SSSR count). The zero-order chi connectivity index (χ0) is 8.85. The van der Waals surface area contributed by atoms with Crippen LogP contribution in [-0.4, -0.2) is 36.3 Å². The number of hydrogen-bond donors (Lipinski definition) is 1. The van der Waals surface area contributed by atoms with Crippen LogP contribution in [0.1, 0.15) is 6.92 Å². The Balaban J connectivity index is 3.66. The van der Waals surface area contributed by atoms with Crippen LogP contribution in [0.15, 0.2) is 0 Å². The van der Waals surface area contributed by atoms with Crippen molar-refractivity contribution >= 4 is 23.8 Å². The molecule has 0 saturated carbocycles. The highest BCUT2D eigenvalue weighted by Gasteiger charge is 2.08. The number of hydrogen-bond acceptors (Lipinski definition) is 3. The van der Waals surface area contributed by atoms with E-state index in [-0.39, 0.29) is 6.54 Å². The Hall–Kier alpha value is -0.710. The molecule has 0 aromatic carbocycles. The molecule has 0 heterocycles. The fraction of sp³-hybridized carbons (Fsp3) is 0.667. The summed E-state index contributed by atoms with van der Waals surface area (Å²) in [4.78, 5) is 22.3. The van der Waals surface area contributed by atoms with Crippen molar-refractivity contribution in [2.24, 2.45) is 0 Å². The van der Waals surface area contributed by atoms with Gasteiger partial charge in [0.25, 0.3) is 5.24 Å². The van der Waals surface area contributed by atoms with Crippen molar-refractivity contribution in [1.82, 2.24) is 4.90 Å². The first-order valence-corrected chi connectivity index (χ1v) is 3.62. The molecule has 1 amide bonds. The van der Waals surface area contributed by atoms with Crippen LogP contribution in [0.3, 0.4) is 0 Å². The van der Waals surface area contributed by atoms with Gasteiger partial charge in [-0.25, -0.2) is 0 Å². The number of carbonyl (C=O) groups is 2. The predicted octanol–water partition coefficient (Wildman–Crippen LogP) is 0.531. The maximum Gasteiger partial charge on any atom is 0.325 e. The summed E-state index contributed by atoms with van der Waals surface area (Å²) in [5.41, 5.74) is 0. The van der Waals surface area contributed by atoms with Gasteiger partial charge < -0.3 is 9.64 Å². The highest BCUT2D eigenvalue weighted by molar-refractivity contribution is 7.96. The second-order valence-electron chi connectivity index (χ2n) is 1.94. The van der Waals surface area contributed by atoms with E-state index in [1.807, 2.05) is 0 Å². The van der Waals surface area contributed by atoms with Crippen LogP contribution in [0.4, 0.5) is 4.79 Å². The van der Waals surface area contributed by atoms with E-state index in [1.54, 1.807) is 6.92 Å². The van der Waals surface area contributed by atoms with Crippen LogP contribution in [-0.2, 0) is 9.53 Å². The quantitative estimate of drug-likeness (QED) is 0.505. The molecule has 0 aliphatic heterocycles. The molecule has 0 atom stereocenters. The molecule has 0 bridgehead atoms. The van der Waals surface area contributed by atoms with Gasteiger partial charge in [-0.1, -0.05) is 12.6 Å². The van der Waals surface area contributed by atoms with E-state index in [0.29, 0.717) is 6.61 Å². The van der Waals surface area contributed by atoms with E-state index in [9.17, 15) is 9.59 Å². The largest absolute Gasteiger partial charge is 0.465 e. The third-order valence-corrected chi connectivity index (χ3v) is 1.34. The molecule has 0 aromatic rings. The molecular weight excluding hydrogens is 166 g/mol. The number of esters is 1. The second kappa shape index (κ2) is 5.01. The average molecular weight is 177 g/mol. The second-order valence-corrected chi connectivity index (χ2v) is 2.33. The molecule has 0 N–H and O–H groups in total. The summed E-state index contributed by atoms with van der Waals surface area (Å²) in [6.45, 7) is 1.99. The standard InChI is InChI=1S/C6H11NO3S/c1-3-10-5(8)4-7(2)6(9)11/h3-4H2,1-2H3,(H,9,11). The summed E-state index contributed by atoms with van der Waals surface area (Å²) in [5, 5.41) is -0.446. The maximum atomic E-state index is 10.7. The zero-order valence-corrected chi connectivity index (χ0v) is 7.43.